The van der Waals surface area contributed by atoms with Gasteiger partial charge in [-0.3, -0.25) is 4.79 Å². The lowest BCUT2D eigenvalue weighted by Crippen LogP contribution is -2.38. The third kappa shape index (κ3) is 7.48. The van der Waals surface area contributed by atoms with E-state index in [1.807, 2.05) is 13.8 Å². The molecule has 1 amide bonds. The maximum absolute atomic E-state index is 12.7. The average Bonchev–Trinajstić information content (AvgIpc) is 2.66. The Hall–Kier alpha value is -2.34. The van der Waals surface area contributed by atoms with Crippen LogP contribution >= 0.6 is 0 Å². The number of nitrogens with one attached hydrogen (secondary N) is 1. The molecule has 0 spiro atoms. The van der Waals surface area contributed by atoms with Crippen molar-refractivity contribution >= 4 is 21.6 Å². The SMILES string of the molecule is CC(C)CNC(=O)CON=C1CCN(S(=O)(=O)c2ccc(OC(F)(F)F)cc2)CC1. The van der Waals surface area contributed by atoms with Crippen molar-refractivity contribution in [2.45, 2.75) is 37.9 Å². The van der Waals surface area contributed by atoms with Crippen LogP contribution in [0.1, 0.15) is 26.7 Å². The second-order valence-electron chi connectivity index (χ2n) is 7.05. The van der Waals surface area contributed by atoms with Gasteiger partial charge in [-0.2, -0.15) is 4.31 Å². The van der Waals surface area contributed by atoms with Crippen LogP contribution in [0.5, 0.6) is 5.75 Å². The summed E-state index contributed by atoms with van der Waals surface area (Å²) < 4.78 is 66.9. The summed E-state index contributed by atoms with van der Waals surface area (Å²) in [5.41, 5.74) is 0.632. The third-order valence-corrected chi connectivity index (χ3v) is 6.00. The summed E-state index contributed by atoms with van der Waals surface area (Å²) in [4.78, 5) is 16.5. The molecule has 8 nitrogen and oxygen atoms in total. The number of halogens is 3. The van der Waals surface area contributed by atoms with Crippen molar-refractivity contribution in [3.8, 4) is 5.75 Å². The smallest absolute Gasteiger partial charge is 0.406 e. The first-order valence-electron chi connectivity index (χ1n) is 9.28. The molecule has 1 N–H and O–H groups in total. The number of oxime groups is 1. The second-order valence-corrected chi connectivity index (χ2v) is 8.99. The molecule has 0 bridgehead atoms. The van der Waals surface area contributed by atoms with E-state index < -0.39 is 22.1 Å². The van der Waals surface area contributed by atoms with Crippen LogP contribution in [0.25, 0.3) is 0 Å². The topological polar surface area (TPSA) is 97.3 Å². The predicted molar refractivity (Wildman–Crippen MR) is 102 cm³/mol. The molecule has 0 radical (unpaired) electrons. The molecule has 0 unspecified atom stereocenters. The first kappa shape index (κ1) is 23.9. The highest BCUT2D eigenvalue weighted by molar-refractivity contribution is 7.89. The van der Waals surface area contributed by atoms with Crippen LogP contribution in [0.15, 0.2) is 34.3 Å². The molecule has 1 aromatic carbocycles. The van der Waals surface area contributed by atoms with Gasteiger partial charge in [-0.15, -0.1) is 13.2 Å². The van der Waals surface area contributed by atoms with Gasteiger partial charge in [0, 0.05) is 32.5 Å². The van der Waals surface area contributed by atoms with Crippen molar-refractivity contribution in [2.24, 2.45) is 11.1 Å². The van der Waals surface area contributed by atoms with Crippen molar-refractivity contribution in [2.75, 3.05) is 26.2 Å². The fourth-order valence-corrected chi connectivity index (χ4v) is 4.03. The van der Waals surface area contributed by atoms with Gasteiger partial charge in [-0.25, -0.2) is 8.42 Å². The zero-order valence-electron chi connectivity index (χ0n) is 16.6. The number of hydrogen-bond acceptors (Lipinski definition) is 6. The summed E-state index contributed by atoms with van der Waals surface area (Å²) in [5, 5.41) is 6.59. The van der Waals surface area contributed by atoms with Crippen molar-refractivity contribution < 1.29 is 36.0 Å². The molecule has 1 heterocycles. The summed E-state index contributed by atoms with van der Waals surface area (Å²) in [6.07, 6.45) is -4.20. The first-order valence-corrected chi connectivity index (χ1v) is 10.7. The molecule has 12 heteroatoms. The Bertz CT molecular complexity index is 845. The van der Waals surface area contributed by atoms with Gasteiger partial charge < -0.3 is 14.9 Å². The lowest BCUT2D eigenvalue weighted by molar-refractivity contribution is -0.274. The Balaban J connectivity index is 1.87. The Morgan fingerprint density at radius 1 is 1.20 bits per heavy atom. The van der Waals surface area contributed by atoms with Gasteiger partial charge >= 0.3 is 6.36 Å². The maximum atomic E-state index is 12.7. The third-order valence-electron chi connectivity index (χ3n) is 4.09. The monoisotopic (exact) mass is 451 g/mol. The fourth-order valence-electron chi connectivity index (χ4n) is 2.59. The number of piperidine rings is 1. The molecule has 1 fully saturated rings. The quantitative estimate of drug-likeness (QED) is 0.613. The predicted octanol–water partition coefficient (Wildman–Crippen LogP) is 2.51. The summed E-state index contributed by atoms with van der Waals surface area (Å²) in [7, 11) is -3.86. The van der Waals surface area contributed by atoms with Gasteiger partial charge in [-0.1, -0.05) is 19.0 Å². The van der Waals surface area contributed by atoms with E-state index in [0.717, 1.165) is 24.3 Å². The summed E-state index contributed by atoms with van der Waals surface area (Å²) in [5.74, 6) is -0.463. The van der Waals surface area contributed by atoms with E-state index in [1.165, 1.54) is 4.31 Å². The van der Waals surface area contributed by atoms with E-state index >= 15 is 0 Å². The molecule has 0 aliphatic carbocycles. The highest BCUT2D eigenvalue weighted by Crippen LogP contribution is 2.26. The molecule has 1 aliphatic heterocycles. The first-order chi connectivity index (χ1) is 14.0. The van der Waals surface area contributed by atoms with Gasteiger partial charge in [0.05, 0.1) is 10.6 Å². The Labute approximate surface area is 173 Å². The van der Waals surface area contributed by atoms with Gasteiger partial charge in [0.15, 0.2) is 6.61 Å². The van der Waals surface area contributed by atoms with E-state index in [1.54, 1.807) is 0 Å². The number of hydrogen-bond donors (Lipinski definition) is 1. The van der Waals surface area contributed by atoms with Crippen LogP contribution in [0.4, 0.5) is 13.2 Å². The maximum Gasteiger partial charge on any atom is 0.573 e. The number of amides is 1. The molecule has 2 rings (SSSR count). The molecule has 0 atom stereocenters. The number of rotatable bonds is 8. The zero-order valence-corrected chi connectivity index (χ0v) is 17.4. The van der Waals surface area contributed by atoms with Gasteiger partial charge in [0.2, 0.25) is 10.0 Å². The van der Waals surface area contributed by atoms with Crippen molar-refractivity contribution in [1.82, 2.24) is 9.62 Å². The summed E-state index contributed by atoms with van der Waals surface area (Å²) >= 11 is 0. The zero-order chi connectivity index (χ0) is 22.4. The normalized spacial score (nSPS) is 15.7. The standard InChI is InChI=1S/C18H24F3N3O5S/c1-13(2)11-22-17(25)12-28-23-14-7-9-24(10-8-14)30(26,27)16-5-3-15(4-6-16)29-18(19,20)21/h3-6,13H,7-12H2,1-2H3,(H,22,25). The minimum absolute atomic E-state index is 0.129. The molecule has 1 saturated heterocycles. The molecule has 0 saturated carbocycles. The minimum atomic E-state index is -4.85. The molecular formula is C18H24F3N3O5S. The van der Waals surface area contributed by atoms with E-state index in [0.29, 0.717) is 31.0 Å². The van der Waals surface area contributed by atoms with Crippen LogP contribution < -0.4 is 10.1 Å². The second kappa shape index (κ2) is 10.1. The molecule has 1 aromatic rings. The number of benzene rings is 1. The fraction of sp³-hybridized carbons (Fsp3) is 0.556. The molecular weight excluding hydrogens is 427 g/mol. The number of carbonyl (C=O) groups excluding carboxylic acids is 1. The van der Waals surface area contributed by atoms with E-state index in [-0.39, 0.29) is 30.5 Å². The van der Waals surface area contributed by atoms with E-state index in [4.69, 9.17) is 4.84 Å². The number of sulfonamides is 1. The number of carbonyl (C=O) groups is 1. The Morgan fingerprint density at radius 2 is 1.80 bits per heavy atom. The molecule has 168 valence electrons. The number of alkyl halides is 3. The lowest BCUT2D eigenvalue weighted by atomic mass is 10.1. The van der Waals surface area contributed by atoms with Crippen molar-refractivity contribution in [1.29, 1.82) is 0 Å². The average molecular weight is 451 g/mol. The number of ether oxygens (including phenoxy) is 1. The van der Waals surface area contributed by atoms with E-state index in [9.17, 15) is 26.4 Å². The van der Waals surface area contributed by atoms with Crippen LogP contribution in [-0.2, 0) is 19.7 Å². The largest absolute Gasteiger partial charge is 0.573 e. The molecule has 30 heavy (non-hydrogen) atoms. The number of nitrogens with zero attached hydrogens (tertiary/aromatic N) is 2. The van der Waals surface area contributed by atoms with Gasteiger partial charge in [-0.05, 0) is 30.2 Å². The van der Waals surface area contributed by atoms with Crippen LogP contribution in [-0.4, -0.2) is 56.9 Å². The molecule has 1 aliphatic rings. The Kier molecular flexibility index (Phi) is 8.07. The minimum Gasteiger partial charge on any atom is -0.406 e. The van der Waals surface area contributed by atoms with E-state index in [2.05, 4.69) is 15.2 Å². The highest BCUT2D eigenvalue weighted by atomic mass is 32.2. The van der Waals surface area contributed by atoms with Crippen molar-refractivity contribution in [3.05, 3.63) is 24.3 Å². The lowest BCUT2D eigenvalue weighted by Gasteiger charge is -2.26. The summed E-state index contributed by atoms with van der Waals surface area (Å²) in [6.45, 7) is 4.54. The highest BCUT2D eigenvalue weighted by Gasteiger charge is 2.32. The summed E-state index contributed by atoms with van der Waals surface area (Å²) in [6, 6.07) is 4.04. The van der Waals surface area contributed by atoms with Crippen LogP contribution in [0.3, 0.4) is 0 Å². The Morgan fingerprint density at radius 3 is 2.33 bits per heavy atom. The van der Waals surface area contributed by atoms with Gasteiger partial charge in [0.25, 0.3) is 5.91 Å². The van der Waals surface area contributed by atoms with Gasteiger partial charge in [0.1, 0.15) is 5.75 Å². The molecule has 0 aromatic heterocycles. The van der Waals surface area contributed by atoms with Crippen LogP contribution in [0.2, 0.25) is 0 Å². The van der Waals surface area contributed by atoms with Crippen molar-refractivity contribution in [3.63, 3.8) is 0 Å². The van der Waals surface area contributed by atoms with Crippen LogP contribution in [0, 0.1) is 5.92 Å².